The molecule has 0 fully saturated rings. The molecule has 0 aliphatic heterocycles. The summed E-state index contributed by atoms with van der Waals surface area (Å²) in [6.07, 6.45) is 0. The summed E-state index contributed by atoms with van der Waals surface area (Å²) in [5, 5.41) is 9.81. The lowest BCUT2D eigenvalue weighted by molar-refractivity contribution is 0.325. The van der Waals surface area contributed by atoms with Crippen molar-refractivity contribution in [2.75, 3.05) is 26.1 Å². The molecule has 2 aromatic rings. The summed E-state index contributed by atoms with van der Waals surface area (Å²) in [6, 6.07) is 6.91. The summed E-state index contributed by atoms with van der Waals surface area (Å²) in [4.78, 5) is -0.344. The Labute approximate surface area is 144 Å². The van der Waals surface area contributed by atoms with E-state index in [4.69, 9.17) is 25.8 Å². The molecule has 0 radical (unpaired) electrons. The van der Waals surface area contributed by atoms with Crippen molar-refractivity contribution in [1.29, 1.82) is 0 Å². The number of para-hydroxylation sites is 1. The zero-order chi connectivity index (χ0) is 17.9. The molecular formula is C15H16ClNO6S. The molecule has 2 rings (SSSR count). The lowest BCUT2D eigenvalue weighted by Gasteiger charge is -2.15. The fraction of sp³-hybridized carbons (Fsp3) is 0.200. The van der Waals surface area contributed by atoms with Crippen LogP contribution in [-0.4, -0.2) is 34.9 Å². The van der Waals surface area contributed by atoms with Gasteiger partial charge in [-0.2, -0.15) is 0 Å². The number of halogens is 1. The fourth-order valence-electron chi connectivity index (χ4n) is 2.06. The number of phenols is 1. The van der Waals surface area contributed by atoms with E-state index in [1.807, 2.05) is 0 Å². The van der Waals surface area contributed by atoms with Gasteiger partial charge in [0, 0.05) is 12.1 Å². The van der Waals surface area contributed by atoms with E-state index in [9.17, 15) is 13.5 Å². The molecule has 2 N–H and O–H groups in total. The first kappa shape index (κ1) is 18.0. The van der Waals surface area contributed by atoms with Crippen LogP contribution in [0.15, 0.2) is 35.2 Å². The first-order chi connectivity index (χ1) is 11.3. The maximum Gasteiger partial charge on any atom is 0.265 e. The number of phenolic OH excluding ortho intramolecular Hbond substituents is 1. The van der Waals surface area contributed by atoms with Crippen molar-refractivity contribution >= 4 is 27.3 Å². The van der Waals surface area contributed by atoms with Crippen LogP contribution in [0.2, 0.25) is 5.02 Å². The largest absolute Gasteiger partial charge is 0.505 e. The third-order valence-electron chi connectivity index (χ3n) is 3.16. The molecule has 130 valence electrons. The van der Waals surface area contributed by atoms with Crippen molar-refractivity contribution < 1.29 is 27.7 Å². The minimum absolute atomic E-state index is 0.0669. The van der Waals surface area contributed by atoms with Gasteiger partial charge in [-0.15, -0.1) is 0 Å². The second-order valence-corrected chi connectivity index (χ2v) is 6.66. The standard InChI is InChI=1S/C15H16ClNO6S/c1-21-11-7-9(8-12(22-2)15(11)23-3)17-24(19,20)13-6-4-5-10(16)14(13)18/h4-8,17-18H,1-3H3. The van der Waals surface area contributed by atoms with Crippen molar-refractivity contribution in [2.24, 2.45) is 0 Å². The lowest BCUT2D eigenvalue weighted by atomic mass is 10.2. The first-order valence-corrected chi connectivity index (χ1v) is 8.50. The number of hydrogen-bond donors (Lipinski definition) is 2. The summed E-state index contributed by atoms with van der Waals surface area (Å²) in [6.45, 7) is 0. The Hall–Kier alpha value is -2.32. The zero-order valence-corrected chi connectivity index (χ0v) is 14.7. The molecular weight excluding hydrogens is 358 g/mol. The van der Waals surface area contributed by atoms with Gasteiger partial charge in [0.25, 0.3) is 10.0 Å². The summed E-state index contributed by atoms with van der Waals surface area (Å²) in [5.41, 5.74) is 0.170. The normalized spacial score (nSPS) is 11.0. The van der Waals surface area contributed by atoms with E-state index < -0.39 is 15.8 Å². The Morgan fingerprint density at radius 2 is 1.62 bits per heavy atom. The van der Waals surface area contributed by atoms with Crippen LogP contribution in [0, 0.1) is 0 Å². The van der Waals surface area contributed by atoms with E-state index in [0.29, 0.717) is 5.75 Å². The molecule has 0 aromatic heterocycles. The molecule has 0 atom stereocenters. The van der Waals surface area contributed by atoms with Gasteiger partial charge in [0.05, 0.1) is 32.0 Å². The highest BCUT2D eigenvalue weighted by Gasteiger charge is 2.22. The highest BCUT2D eigenvalue weighted by molar-refractivity contribution is 7.92. The number of anilines is 1. The number of methoxy groups -OCH3 is 3. The van der Waals surface area contributed by atoms with Crippen LogP contribution in [0.25, 0.3) is 0 Å². The fourth-order valence-corrected chi connectivity index (χ4v) is 3.45. The molecule has 24 heavy (non-hydrogen) atoms. The minimum atomic E-state index is -4.07. The van der Waals surface area contributed by atoms with Gasteiger partial charge in [-0.1, -0.05) is 17.7 Å². The highest BCUT2D eigenvalue weighted by atomic mass is 35.5. The maximum atomic E-state index is 12.5. The SMILES string of the molecule is COc1cc(NS(=O)(=O)c2cccc(Cl)c2O)cc(OC)c1OC. The number of aromatic hydroxyl groups is 1. The predicted octanol–water partition coefficient (Wildman–Crippen LogP) is 2.87. The van der Waals surface area contributed by atoms with Gasteiger partial charge in [0.2, 0.25) is 5.75 Å². The quantitative estimate of drug-likeness (QED) is 0.808. The minimum Gasteiger partial charge on any atom is -0.505 e. The van der Waals surface area contributed by atoms with Crippen LogP contribution in [0.3, 0.4) is 0 Å². The van der Waals surface area contributed by atoms with Crippen LogP contribution in [0.5, 0.6) is 23.0 Å². The van der Waals surface area contributed by atoms with Crippen LogP contribution in [0.1, 0.15) is 0 Å². The van der Waals surface area contributed by atoms with E-state index in [2.05, 4.69) is 4.72 Å². The number of ether oxygens (including phenoxy) is 3. The number of rotatable bonds is 6. The molecule has 0 amide bonds. The molecule has 0 heterocycles. The van der Waals surface area contributed by atoms with Crippen molar-refractivity contribution in [3.63, 3.8) is 0 Å². The molecule has 9 heteroatoms. The summed E-state index contributed by atoms with van der Waals surface area (Å²) in [5.74, 6) is 0.363. The molecule has 0 spiro atoms. The van der Waals surface area contributed by atoms with Gasteiger partial charge >= 0.3 is 0 Å². The van der Waals surface area contributed by atoms with Gasteiger partial charge in [-0.25, -0.2) is 8.42 Å². The molecule has 0 saturated heterocycles. The number of sulfonamides is 1. The Balaban J connectivity index is 2.48. The van der Waals surface area contributed by atoms with Crippen molar-refractivity contribution in [3.05, 3.63) is 35.4 Å². The van der Waals surface area contributed by atoms with E-state index in [1.165, 1.54) is 51.7 Å². The third-order valence-corrected chi connectivity index (χ3v) is 4.87. The van der Waals surface area contributed by atoms with Gasteiger partial charge in [0.1, 0.15) is 4.90 Å². The van der Waals surface area contributed by atoms with E-state index in [0.717, 1.165) is 0 Å². The maximum absolute atomic E-state index is 12.5. The highest BCUT2D eigenvalue weighted by Crippen LogP contribution is 2.41. The molecule has 0 saturated carbocycles. The van der Waals surface area contributed by atoms with Crippen LogP contribution in [0.4, 0.5) is 5.69 Å². The average molecular weight is 374 g/mol. The van der Waals surface area contributed by atoms with E-state index in [-0.39, 0.29) is 27.1 Å². The first-order valence-electron chi connectivity index (χ1n) is 6.64. The second-order valence-electron chi connectivity index (χ2n) is 4.61. The summed E-state index contributed by atoms with van der Waals surface area (Å²) < 4.78 is 42.8. The van der Waals surface area contributed by atoms with Crippen LogP contribution >= 0.6 is 11.6 Å². The smallest absolute Gasteiger partial charge is 0.265 e. The van der Waals surface area contributed by atoms with Gasteiger partial charge in [0.15, 0.2) is 17.2 Å². The van der Waals surface area contributed by atoms with Gasteiger partial charge in [-0.3, -0.25) is 4.72 Å². The predicted molar refractivity (Wildman–Crippen MR) is 90.0 cm³/mol. The summed E-state index contributed by atoms with van der Waals surface area (Å²) >= 11 is 5.76. The Kier molecular flexibility index (Phi) is 5.30. The zero-order valence-electron chi connectivity index (χ0n) is 13.2. The number of hydrogen-bond acceptors (Lipinski definition) is 6. The van der Waals surface area contributed by atoms with Crippen molar-refractivity contribution in [3.8, 4) is 23.0 Å². The number of benzene rings is 2. The van der Waals surface area contributed by atoms with Crippen LogP contribution in [-0.2, 0) is 10.0 Å². The molecule has 0 unspecified atom stereocenters. The second kappa shape index (κ2) is 7.06. The van der Waals surface area contributed by atoms with Gasteiger partial charge in [-0.05, 0) is 12.1 Å². The average Bonchev–Trinajstić information content (AvgIpc) is 2.55. The summed E-state index contributed by atoms with van der Waals surface area (Å²) in [7, 11) is 0.196. The number of nitrogens with one attached hydrogen (secondary N) is 1. The molecule has 2 aromatic carbocycles. The van der Waals surface area contributed by atoms with Crippen molar-refractivity contribution in [1.82, 2.24) is 0 Å². The lowest BCUT2D eigenvalue weighted by Crippen LogP contribution is -2.13. The van der Waals surface area contributed by atoms with Gasteiger partial charge < -0.3 is 19.3 Å². The molecule has 0 aliphatic carbocycles. The monoisotopic (exact) mass is 373 g/mol. The topological polar surface area (TPSA) is 94.1 Å². The van der Waals surface area contributed by atoms with Crippen molar-refractivity contribution in [2.45, 2.75) is 4.90 Å². The van der Waals surface area contributed by atoms with E-state index in [1.54, 1.807) is 0 Å². The Morgan fingerprint density at radius 3 is 2.12 bits per heavy atom. The molecule has 7 nitrogen and oxygen atoms in total. The molecule has 0 aliphatic rings. The molecule has 0 bridgehead atoms. The third kappa shape index (κ3) is 3.44. The Bertz CT molecular complexity index is 828. The Morgan fingerprint density at radius 1 is 1.04 bits per heavy atom. The van der Waals surface area contributed by atoms with Crippen LogP contribution < -0.4 is 18.9 Å². The van der Waals surface area contributed by atoms with E-state index >= 15 is 0 Å².